The minimum Gasteiger partial charge on any atom is -0.339 e. The van der Waals surface area contributed by atoms with E-state index in [-0.39, 0.29) is 0 Å². The van der Waals surface area contributed by atoms with Gasteiger partial charge in [-0.25, -0.2) is 0 Å². The molecule has 1 aromatic heterocycles. The lowest BCUT2D eigenvalue weighted by Crippen LogP contribution is -2.19. The van der Waals surface area contributed by atoms with Gasteiger partial charge in [0.15, 0.2) is 5.82 Å². The average Bonchev–Trinajstić information content (AvgIpc) is 2.94. The smallest absolute Gasteiger partial charge is 0.227 e. The van der Waals surface area contributed by atoms with E-state index in [1.165, 1.54) is 0 Å². The highest BCUT2D eigenvalue weighted by atomic mass is 16.5. The second-order valence-electron chi connectivity index (χ2n) is 4.28. The third kappa shape index (κ3) is 2.59. The van der Waals surface area contributed by atoms with Gasteiger partial charge in [-0.3, -0.25) is 0 Å². The summed E-state index contributed by atoms with van der Waals surface area (Å²) in [6.45, 7) is 6.41. The van der Waals surface area contributed by atoms with Gasteiger partial charge in [-0.1, -0.05) is 12.1 Å². The Hall–Kier alpha value is -0.940. The maximum atomic E-state index is 5.23. The molecule has 16 heavy (non-hydrogen) atoms. The zero-order valence-electron chi connectivity index (χ0n) is 10.1. The predicted molar refractivity (Wildman–Crippen MR) is 61.4 cm³/mol. The van der Waals surface area contributed by atoms with Gasteiger partial charge in [0.05, 0.1) is 0 Å². The molecule has 90 valence electrons. The van der Waals surface area contributed by atoms with E-state index in [1.807, 2.05) is 7.05 Å². The molecule has 1 N–H and O–H groups in total. The molecule has 0 spiro atoms. The number of nitrogens with zero attached hydrogens (tertiary/aromatic N) is 3. The number of rotatable bonds is 5. The fourth-order valence-electron chi connectivity index (χ4n) is 2.10. The summed E-state index contributed by atoms with van der Waals surface area (Å²) in [4.78, 5) is 6.88. The van der Waals surface area contributed by atoms with Crippen molar-refractivity contribution in [2.24, 2.45) is 0 Å². The Morgan fingerprint density at radius 3 is 3.12 bits per heavy atom. The summed E-state index contributed by atoms with van der Waals surface area (Å²) in [5, 5.41) is 7.15. The fraction of sp³-hybridized carbons (Fsp3) is 0.818. The molecule has 1 aliphatic rings. The molecule has 5 heteroatoms. The zero-order chi connectivity index (χ0) is 11.4. The minimum absolute atomic E-state index is 0.465. The van der Waals surface area contributed by atoms with Gasteiger partial charge in [-0.2, -0.15) is 4.98 Å². The molecule has 1 atom stereocenters. The summed E-state index contributed by atoms with van der Waals surface area (Å²) in [6, 6.07) is 0. The molecule has 1 unspecified atom stereocenters. The number of likely N-dealkylation sites (tertiary alicyclic amines) is 1. The van der Waals surface area contributed by atoms with Crippen molar-refractivity contribution < 1.29 is 4.52 Å². The van der Waals surface area contributed by atoms with Crippen LogP contribution in [0, 0.1) is 0 Å². The minimum atomic E-state index is 0.465. The van der Waals surface area contributed by atoms with Crippen LogP contribution in [0.1, 0.15) is 31.0 Å². The molecule has 0 amide bonds. The van der Waals surface area contributed by atoms with Crippen LogP contribution < -0.4 is 5.32 Å². The summed E-state index contributed by atoms with van der Waals surface area (Å²) in [5.41, 5.74) is 0. The first-order chi connectivity index (χ1) is 7.83. The molecule has 0 radical (unpaired) electrons. The lowest BCUT2D eigenvalue weighted by atomic mass is 10.1. The van der Waals surface area contributed by atoms with Crippen molar-refractivity contribution in [3.05, 3.63) is 11.7 Å². The van der Waals surface area contributed by atoms with Crippen LogP contribution in [0.25, 0.3) is 0 Å². The van der Waals surface area contributed by atoms with E-state index >= 15 is 0 Å². The molecule has 0 saturated carbocycles. The third-order valence-corrected chi connectivity index (χ3v) is 3.16. The Morgan fingerprint density at radius 1 is 1.56 bits per heavy atom. The van der Waals surface area contributed by atoms with Crippen LogP contribution in [0.15, 0.2) is 4.52 Å². The summed E-state index contributed by atoms with van der Waals surface area (Å²) < 4.78 is 5.23. The van der Waals surface area contributed by atoms with Gasteiger partial charge in [0.1, 0.15) is 0 Å². The van der Waals surface area contributed by atoms with Crippen molar-refractivity contribution in [1.29, 1.82) is 0 Å². The van der Waals surface area contributed by atoms with E-state index in [9.17, 15) is 0 Å². The number of nitrogens with one attached hydrogen (secondary N) is 1. The van der Waals surface area contributed by atoms with E-state index in [1.54, 1.807) is 0 Å². The highest BCUT2D eigenvalue weighted by Gasteiger charge is 2.26. The van der Waals surface area contributed by atoms with E-state index < -0.39 is 0 Å². The van der Waals surface area contributed by atoms with Crippen molar-refractivity contribution in [2.45, 2.75) is 25.7 Å². The lowest BCUT2D eigenvalue weighted by molar-refractivity contribution is 0.346. The van der Waals surface area contributed by atoms with Crippen molar-refractivity contribution >= 4 is 0 Å². The molecular weight excluding hydrogens is 204 g/mol. The van der Waals surface area contributed by atoms with Gasteiger partial charge in [-0.05, 0) is 26.6 Å². The first-order valence-electron chi connectivity index (χ1n) is 6.03. The highest BCUT2D eigenvalue weighted by molar-refractivity contribution is 5.00. The molecule has 1 saturated heterocycles. The van der Waals surface area contributed by atoms with Crippen LogP contribution in [0.2, 0.25) is 0 Å². The molecular formula is C11H20N4O. The van der Waals surface area contributed by atoms with Gasteiger partial charge in [0, 0.05) is 25.4 Å². The second-order valence-corrected chi connectivity index (χ2v) is 4.28. The highest BCUT2D eigenvalue weighted by Crippen LogP contribution is 2.24. The summed E-state index contributed by atoms with van der Waals surface area (Å²) in [5.74, 6) is 2.10. The van der Waals surface area contributed by atoms with Gasteiger partial charge in [0.2, 0.25) is 5.89 Å². The first-order valence-corrected chi connectivity index (χ1v) is 6.03. The zero-order valence-corrected chi connectivity index (χ0v) is 10.1. The molecule has 0 aliphatic carbocycles. The molecule has 0 bridgehead atoms. The van der Waals surface area contributed by atoms with Gasteiger partial charge < -0.3 is 14.7 Å². The SMILES string of the molecule is CCN1CCC(c2noc(CCNC)n2)C1. The van der Waals surface area contributed by atoms with Crippen molar-refractivity contribution in [1.82, 2.24) is 20.4 Å². The second kappa shape index (κ2) is 5.41. The van der Waals surface area contributed by atoms with Gasteiger partial charge in [-0.15, -0.1) is 0 Å². The Kier molecular flexibility index (Phi) is 3.90. The van der Waals surface area contributed by atoms with Gasteiger partial charge in [0.25, 0.3) is 0 Å². The number of hydrogen-bond acceptors (Lipinski definition) is 5. The third-order valence-electron chi connectivity index (χ3n) is 3.16. The molecule has 0 aromatic carbocycles. The first kappa shape index (κ1) is 11.5. The summed E-state index contributed by atoms with van der Waals surface area (Å²) in [7, 11) is 1.92. The summed E-state index contributed by atoms with van der Waals surface area (Å²) >= 11 is 0. The van der Waals surface area contributed by atoms with Crippen LogP contribution in [0.4, 0.5) is 0 Å². The lowest BCUT2D eigenvalue weighted by Gasteiger charge is -2.10. The largest absolute Gasteiger partial charge is 0.339 e. The van der Waals surface area contributed by atoms with Crippen molar-refractivity contribution in [3.8, 4) is 0 Å². The maximum Gasteiger partial charge on any atom is 0.227 e. The Balaban J connectivity index is 1.92. The van der Waals surface area contributed by atoms with E-state index in [0.29, 0.717) is 5.92 Å². The average molecular weight is 224 g/mol. The van der Waals surface area contributed by atoms with E-state index in [2.05, 4.69) is 27.3 Å². The fourth-order valence-corrected chi connectivity index (χ4v) is 2.10. The van der Waals surface area contributed by atoms with Crippen molar-refractivity contribution in [2.75, 3.05) is 33.2 Å². The van der Waals surface area contributed by atoms with Crippen molar-refractivity contribution in [3.63, 3.8) is 0 Å². The van der Waals surface area contributed by atoms with Gasteiger partial charge >= 0.3 is 0 Å². The van der Waals surface area contributed by atoms with E-state index in [4.69, 9.17) is 4.52 Å². The van der Waals surface area contributed by atoms with E-state index in [0.717, 1.165) is 50.7 Å². The van der Waals surface area contributed by atoms with Crippen LogP contribution in [-0.4, -0.2) is 48.3 Å². The monoisotopic (exact) mass is 224 g/mol. The topological polar surface area (TPSA) is 54.2 Å². The number of aromatic nitrogens is 2. The maximum absolute atomic E-state index is 5.23. The Labute approximate surface area is 96.2 Å². The standard InChI is InChI=1S/C11H20N4O/c1-3-15-7-5-9(8-15)11-13-10(16-14-11)4-6-12-2/h9,12H,3-8H2,1-2H3. The van der Waals surface area contributed by atoms with Crippen LogP contribution in [0.3, 0.4) is 0 Å². The predicted octanol–water partition coefficient (Wildman–Crippen LogP) is 0.641. The molecule has 1 fully saturated rings. The normalized spacial score (nSPS) is 21.8. The molecule has 1 aromatic rings. The van der Waals surface area contributed by atoms with Crippen LogP contribution in [-0.2, 0) is 6.42 Å². The molecule has 2 heterocycles. The quantitative estimate of drug-likeness (QED) is 0.795. The van der Waals surface area contributed by atoms with Crippen LogP contribution in [0.5, 0.6) is 0 Å². The van der Waals surface area contributed by atoms with Crippen LogP contribution >= 0.6 is 0 Å². The Morgan fingerprint density at radius 2 is 2.44 bits per heavy atom. The summed E-state index contributed by atoms with van der Waals surface area (Å²) in [6.07, 6.45) is 1.96. The number of likely N-dealkylation sites (N-methyl/N-ethyl adjacent to an activating group) is 2. The Bertz CT molecular complexity index is 326. The molecule has 1 aliphatic heterocycles. The number of hydrogen-bond donors (Lipinski definition) is 1. The molecule has 2 rings (SSSR count). The molecule has 5 nitrogen and oxygen atoms in total.